The Morgan fingerprint density at radius 2 is 1.49 bits per heavy atom. The molecule has 12 heteroatoms. The molecule has 2 aromatic carbocycles. The highest BCUT2D eigenvalue weighted by Gasteiger charge is 2.29. The Morgan fingerprint density at radius 1 is 0.844 bits per heavy atom. The number of benzene rings is 2. The molecule has 0 saturated carbocycles. The molecular weight excluding hydrogens is 580 g/mol. The molecule has 2 aromatic rings. The molecule has 0 fully saturated rings. The van der Waals surface area contributed by atoms with Crippen LogP contribution in [0.2, 0.25) is 0 Å². The van der Waals surface area contributed by atoms with Crippen LogP contribution >= 0.6 is 0 Å². The summed E-state index contributed by atoms with van der Waals surface area (Å²) >= 11 is 0. The van der Waals surface area contributed by atoms with Crippen molar-refractivity contribution in [3.05, 3.63) is 83.4 Å². The van der Waals surface area contributed by atoms with Crippen molar-refractivity contribution in [2.45, 2.75) is 77.8 Å². The van der Waals surface area contributed by atoms with Gasteiger partial charge in [-0.25, -0.2) is 9.59 Å². The largest absolute Gasteiger partial charge is 0.463 e. The predicted molar refractivity (Wildman–Crippen MR) is 167 cm³/mol. The molecule has 4 amide bonds. The molecule has 3 atom stereocenters. The summed E-state index contributed by atoms with van der Waals surface area (Å²) in [5.74, 6) is -2.38. The van der Waals surface area contributed by atoms with Crippen LogP contribution in [0.4, 0.5) is 4.79 Å². The highest BCUT2D eigenvalue weighted by molar-refractivity contribution is 5.92. The normalized spacial score (nSPS) is 13.0. The number of nitrogens with one attached hydrogen (secondary N) is 3. The van der Waals surface area contributed by atoms with Crippen molar-refractivity contribution >= 4 is 29.8 Å². The fourth-order valence-corrected chi connectivity index (χ4v) is 4.29. The van der Waals surface area contributed by atoms with Gasteiger partial charge in [-0.05, 0) is 42.4 Å². The maximum Gasteiger partial charge on any atom is 0.408 e. The van der Waals surface area contributed by atoms with Crippen molar-refractivity contribution in [3.8, 4) is 0 Å². The fraction of sp³-hybridized carbons (Fsp3) is 0.424. The number of hydrogen-bond donors (Lipinski definition) is 5. The number of carbonyl (C=O) groups is 5. The van der Waals surface area contributed by atoms with Crippen molar-refractivity contribution in [2.75, 3.05) is 6.61 Å². The summed E-state index contributed by atoms with van der Waals surface area (Å²) in [7, 11) is 0. The number of alkyl carbamates (subject to hydrolysis) is 1. The summed E-state index contributed by atoms with van der Waals surface area (Å²) < 4.78 is 10.2. The van der Waals surface area contributed by atoms with Crippen molar-refractivity contribution in [1.82, 2.24) is 16.0 Å². The minimum atomic E-state index is -1.11. The molecule has 0 bridgehead atoms. The third-order valence-corrected chi connectivity index (χ3v) is 6.59. The van der Waals surface area contributed by atoms with Gasteiger partial charge in [0.2, 0.25) is 17.7 Å². The molecule has 0 aliphatic heterocycles. The van der Waals surface area contributed by atoms with Gasteiger partial charge in [0.25, 0.3) is 0 Å². The lowest BCUT2D eigenvalue weighted by atomic mass is 10.00. The van der Waals surface area contributed by atoms with Crippen LogP contribution in [0.1, 0.15) is 56.7 Å². The molecule has 6 N–H and O–H groups in total. The van der Waals surface area contributed by atoms with E-state index in [1.807, 2.05) is 32.0 Å². The summed E-state index contributed by atoms with van der Waals surface area (Å²) in [5, 5.41) is 17.5. The highest BCUT2D eigenvalue weighted by Crippen LogP contribution is 2.11. The first-order valence-electron chi connectivity index (χ1n) is 14.9. The van der Waals surface area contributed by atoms with Crippen LogP contribution in [0.25, 0.3) is 0 Å². The van der Waals surface area contributed by atoms with Crippen LogP contribution in [-0.4, -0.2) is 59.6 Å². The van der Waals surface area contributed by atoms with Crippen LogP contribution in [0.15, 0.2) is 66.7 Å². The van der Waals surface area contributed by atoms with Gasteiger partial charge < -0.3 is 36.3 Å². The van der Waals surface area contributed by atoms with E-state index in [1.54, 1.807) is 43.3 Å². The first-order chi connectivity index (χ1) is 21.5. The Balaban J connectivity index is 2.25. The van der Waals surface area contributed by atoms with Gasteiger partial charge in [0.05, 0.1) is 13.2 Å². The Morgan fingerprint density at radius 3 is 2.09 bits per heavy atom. The van der Waals surface area contributed by atoms with Gasteiger partial charge in [0, 0.05) is 25.0 Å². The first kappa shape index (κ1) is 36.5. The standard InChI is InChI=1S/C33H44N4O8/c1-4-44-30(40)17-15-26(14-16-29(34)39)35-31(41)28(19-23-10-12-24(20-38)13-11-23)36-32(42)27(18-22(2)3)37-33(43)45-21-25-8-6-5-7-9-25/h5-13,15,17,22,26-28,38H,4,14,16,18-21H2,1-3H3,(H2,34,39)(H,35,41)(H,36,42)(H,37,43)/b17-15+/t26-,27-,28-/m0/s1. The number of carbonyl (C=O) groups excluding carboxylic acids is 5. The third-order valence-electron chi connectivity index (χ3n) is 6.59. The molecule has 0 heterocycles. The maximum atomic E-state index is 13.6. The van der Waals surface area contributed by atoms with E-state index in [9.17, 15) is 29.1 Å². The lowest BCUT2D eigenvalue weighted by Crippen LogP contribution is -2.55. The van der Waals surface area contributed by atoms with Gasteiger partial charge in [0.1, 0.15) is 18.7 Å². The minimum Gasteiger partial charge on any atom is -0.463 e. The van der Waals surface area contributed by atoms with Gasteiger partial charge in [-0.2, -0.15) is 0 Å². The van der Waals surface area contributed by atoms with Crippen molar-refractivity contribution < 1.29 is 38.6 Å². The van der Waals surface area contributed by atoms with Crippen LogP contribution in [0.3, 0.4) is 0 Å². The maximum absolute atomic E-state index is 13.6. The van der Waals surface area contributed by atoms with E-state index < -0.39 is 47.9 Å². The van der Waals surface area contributed by atoms with E-state index in [0.717, 1.165) is 11.6 Å². The molecule has 0 aliphatic carbocycles. The van der Waals surface area contributed by atoms with E-state index in [4.69, 9.17) is 15.2 Å². The summed E-state index contributed by atoms with van der Waals surface area (Å²) in [5.41, 5.74) is 7.46. The average molecular weight is 625 g/mol. The van der Waals surface area contributed by atoms with Gasteiger partial charge >= 0.3 is 12.1 Å². The fourth-order valence-electron chi connectivity index (χ4n) is 4.29. The summed E-state index contributed by atoms with van der Waals surface area (Å²) in [6, 6.07) is 13.1. The van der Waals surface area contributed by atoms with Crippen molar-refractivity contribution in [3.63, 3.8) is 0 Å². The number of esters is 1. The van der Waals surface area contributed by atoms with Crippen molar-refractivity contribution in [1.29, 1.82) is 0 Å². The Kier molecular flexibility index (Phi) is 15.8. The van der Waals surface area contributed by atoms with E-state index in [1.165, 1.54) is 6.08 Å². The van der Waals surface area contributed by atoms with Crippen LogP contribution in [0, 0.1) is 5.92 Å². The topological polar surface area (TPSA) is 186 Å². The smallest absolute Gasteiger partial charge is 0.408 e. The van der Waals surface area contributed by atoms with Gasteiger partial charge in [-0.1, -0.05) is 74.5 Å². The second-order valence-corrected chi connectivity index (χ2v) is 10.9. The average Bonchev–Trinajstić information content (AvgIpc) is 3.01. The Hall–Kier alpha value is -4.71. The Bertz CT molecular complexity index is 1280. The minimum absolute atomic E-state index is 0.0136. The summed E-state index contributed by atoms with van der Waals surface area (Å²) in [6.45, 7) is 5.47. The molecule has 0 radical (unpaired) electrons. The number of aliphatic hydroxyl groups is 1. The lowest BCUT2D eigenvalue weighted by molar-refractivity contribution is -0.137. The van der Waals surface area contributed by atoms with Gasteiger partial charge in [-0.3, -0.25) is 14.4 Å². The zero-order chi connectivity index (χ0) is 33.2. The predicted octanol–water partition coefficient (Wildman–Crippen LogP) is 2.42. The molecule has 0 spiro atoms. The number of amides is 4. The second-order valence-electron chi connectivity index (χ2n) is 10.9. The number of ether oxygens (including phenoxy) is 2. The lowest BCUT2D eigenvalue weighted by Gasteiger charge is -2.25. The summed E-state index contributed by atoms with van der Waals surface area (Å²) in [6.07, 6.45) is 2.16. The van der Waals surface area contributed by atoms with Crippen LogP contribution in [-0.2, 0) is 48.3 Å². The van der Waals surface area contributed by atoms with Gasteiger partial charge in [-0.15, -0.1) is 0 Å². The zero-order valence-corrected chi connectivity index (χ0v) is 26.0. The second kappa shape index (κ2) is 19.5. The number of rotatable bonds is 18. The summed E-state index contributed by atoms with van der Waals surface area (Å²) in [4.78, 5) is 63.1. The van der Waals surface area contributed by atoms with E-state index >= 15 is 0 Å². The van der Waals surface area contributed by atoms with Crippen LogP contribution < -0.4 is 21.7 Å². The molecule has 0 unspecified atom stereocenters. The van der Waals surface area contributed by atoms with Crippen molar-refractivity contribution in [2.24, 2.45) is 11.7 Å². The number of hydrogen-bond acceptors (Lipinski definition) is 8. The molecule has 0 aromatic heterocycles. The van der Waals surface area contributed by atoms with E-state index in [-0.39, 0.29) is 51.4 Å². The number of primary amides is 1. The quantitative estimate of drug-likeness (QED) is 0.124. The molecule has 0 aliphatic rings. The highest BCUT2D eigenvalue weighted by atomic mass is 16.5. The molecule has 0 saturated heterocycles. The number of aliphatic hydroxyl groups excluding tert-OH is 1. The monoisotopic (exact) mass is 624 g/mol. The zero-order valence-electron chi connectivity index (χ0n) is 26.0. The molecule has 244 valence electrons. The number of nitrogens with two attached hydrogens (primary N) is 1. The van der Waals surface area contributed by atoms with Crippen LogP contribution in [0.5, 0.6) is 0 Å². The van der Waals surface area contributed by atoms with E-state index in [0.29, 0.717) is 11.1 Å². The Labute approximate surface area is 263 Å². The van der Waals surface area contributed by atoms with E-state index in [2.05, 4.69) is 16.0 Å². The molecule has 45 heavy (non-hydrogen) atoms. The first-order valence-corrected chi connectivity index (χ1v) is 14.9. The molecule has 2 rings (SSSR count). The molecule has 12 nitrogen and oxygen atoms in total. The van der Waals surface area contributed by atoms with Gasteiger partial charge in [0.15, 0.2) is 0 Å². The SMILES string of the molecule is CCOC(=O)/C=C/[C@H](CCC(N)=O)NC(=O)[C@H](Cc1ccc(CO)cc1)NC(=O)[C@H](CC(C)C)NC(=O)OCc1ccccc1. The molecular formula is C33H44N4O8. The third kappa shape index (κ3) is 14.5.